The van der Waals surface area contributed by atoms with E-state index in [2.05, 4.69) is 54.5 Å². The van der Waals surface area contributed by atoms with Crippen LogP contribution in [0, 0.1) is 50.2 Å². The average Bonchev–Trinajstić information content (AvgIpc) is 2.94. The summed E-state index contributed by atoms with van der Waals surface area (Å²) in [4.78, 5) is 25.9. The lowest BCUT2D eigenvalue weighted by Crippen LogP contribution is -2.67. The van der Waals surface area contributed by atoms with Crippen LogP contribution >= 0.6 is 0 Å². The summed E-state index contributed by atoms with van der Waals surface area (Å²) >= 11 is 0. The molecule has 5 aliphatic rings. The molecule has 0 saturated heterocycles. The van der Waals surface area contributed by atoms with Crippen molar-refractivity contribution in [3.63, 3.8) is 0 Å². The van der Waals surface area contributed by atoms with E-state index in [1.54, 1.807) is 6.08 Å². The number of benzene rings is 1. The number of carboxylic acid groups (broad SMARTS) is 1. The lowest BCUT2D eigenvalue weighted by atomic mass is 9.33. The quantitative estimate of drug-likeness (QED) is 0.205. The maximum absolute atomic E-state index is 13.0. The van der Waals surface area contributed by atoms with Gasteiger partial charge in [0.1, 0.15) is 6.10 Å². The molecule has 0 amide bonds. The summed E-state index contributed by atoms with van der Waals surface area (Å²) in [6, 6.07) is 9.71. The Morgan fingerprint density at radius 2 is 1.57 bits per heavy atom. The second-order valence-electron chi connectivity index (χ2n) is 17.4. The van der Waals surface area contributed by atoms with Crippen LogP contribution in [0.25, 0.3) is 6.08 Å². The monoisotopic (exact) mass is 602 g/mol. The first-order valence-electron chi connectivity index (χ1n) is 17.1. The van der Waals surface area contributed by atoms with Gasteiger partial charge in [-0.15, -0.1) is 0 Å². The molecule has 2 N–H and O–H groups in total. The summed E-state index contributed by atoms with van der Waals surface area (Å²) in [5, 5.41) is 22.4. The van der Waals surface area contributed by atoms with Gasteiger partial charge in [-0.05, 0) is 109 Å². The highest BCUT2D eigenvalue weighted by Gasteiger charge is 2.70. The van der Waals surface area contributed by atoms with Crippen LogP contribution in [0.5, 0.6) is 0 Å². The molecule has 0 aromatic heterocycles. The number of hydrogen-bond acceptors (Lipinski definition) is 4. The highest BCUT2D eigenvalue weighted by molar-refractivity contribution is 5.87. The van der Waals surface area contributed by atoms with Gasteiger partial charge in [0.05, 0.1) is 11.5 Å². The van der Waals surface area contributed by atoms with Crippen LogP contribution < -0.4 is 0 Å². The Bertz CT molecular complexity index is 1370. The highest BCUT2D eigenvalue weighted by atomic mass is 16.6. The van der Waals surface area contributed by atoms with E-state index in [-0.39, 0.29) is 27.6 Å². The van der Waals surface area contributed by atoms with Gasteiger partial charge in [0.25, 0.3) is 0 Å². The molecule has 0 heterocycles. The predicted molar refractivity (Wildman–Crippen MR) is 173 cm³/mol. The van der Waals surface area contributed by atoms with Gasteiger partial charge in [-0.2, -0.15) is 0 Å². The third-order valence-corrected chi connectivity index (χ3v) is 14.4. The van der Waals surface area contributed by atoms with Crippen molar-refractivity contribution in [2.75, 3.05) is 0 Å². The van der Waals surface area contributed by atoms with E-state index < -0.39 is 35.0 Å². The first-order chi connectivity index (χ1) is 20.5. The molecule has 0 aliphatic heterocycles. The molecule has 5 heteroatoms. The summed E-state index contributed by atoms with van der Waals surface area (Å²) in [5.74, 6) is -0.263. The lowest BCUT2D eigenvalue weighted by Gasteiger charge is -2.71. The lowest BCUT2D eigenvalue weighted by molar-refractivity contribution is -0.238. The average molecular weight is 603 g/mol. The summed E-state index contributed by atoms with van der Waals surface area (Å²) < 4.78 is 6.07. The van der Waals surface area contributed by atoms with Gasteiger partial charge in [0.15, 0.2) is 0 Å². The van der Waals surface area contributed by atoms with E-state index in [0.717, 1.165) is 56.9 Å². The number of esters is 1. The second-order valence-corrected chi connectivity index (χ2v) is 17.4. The fourth-order valence-electron chi connectivity index (χ4n) is 11.9. The Labute approximate surface area is 264 Å². The Balaban J connectivity index is 1.30. The van der Waals surface area contributed by atoms with Crippen molar-refractivity contribution in [2.24, 2.45) is 50.2 Å². The van der Waals surface area contributed by atoms with E-state index in [4.69, 9.17) is 4.74 Å². The van der Waals surface area contributed by atoms with Crippen LogP contribution in [0.1, 0.15) is 112 Å². The number of hydrogen-bond donors (Lipinski definition) is 2. The Kier molecular flexibility index (Phi) is 7.40. The van der Waals surface area contributed by atoms with Gasteiger partial charge in [-0.1, -0.05) is 90.4 Å². The van der Waals surface area contributed by atoms with Gasteiger partial charge in [-0.3, -0.25) is 4.79 Å². The number of aliphatic hydroxyl groups is 1. The molecule has 0 radical (unpaired) electrons. The van der Waals surface area contributed by atoms with Crippen LogP contribution in [0.15, 0.2) is 48.1 Å². The standard InChI is InChI=1S/C39H54O5/c1-34(2)19-21-39(33(42)43)22-20-37(6)26(27(39)23-34)14-15-30-36(5)24-28(40)32(35(3,4)29(36)17-18-38(30,37)7)44-31(41)16-13-25-11-9-8-10-12-25/h8-14,16,27-30,32,40H,15,17-24H2,1-7H3,(H,42,43)/t27-,28+,29-,30+,32-,36-,37+,38+,39-/m0/s1. The number of rotatable bonds is 4. The SMILES string of the molecule is CC1(C)CC[C@]2(C(=O)O)CC[C@]3(C)C(=CC[C@@H]4[C@@]5(C)C[C@@H](O)[C@H](OC(=O)C=Cc6ccccc6)C(C)(C)[C@@H]5CC[C@]43C)[C@@H]2C1. The second kappa shape index (κ2) is 10.3. The van der Waals surface area contributed by atoms with Crippen molar-refractivity contribution < 1.29 is 24.5 Å². The highest BCUT2D eigenvalue weighted by Crippen LogP contribution is 2.75. The van der Waals surface area contributed by atoms with Crippen LogP contribution in [0.2, 0.25) is 0 Å². The maximum atomic E-state index is 13.0. The normalized spacial score (nSPS) is 43.9. The first kappa shape index (κ1) is 31.6. The van der Waals surface area contributed by atoms with Gasteiger partial charge < -0.3 is 14.9 Å². The molecule has 9 atom stereocenters. The zero-order chi connectivity index (χ0) is 31.9. The summed E-state index contributed by atoms with van der Waals surface area (Å²) in [6.45, 7) is 16.4. The topological polar surface area (TPSA) is 83.8 Å². The number of allylic oxidation sites excluding steroid dienone is 2. The molecule has 1 aromatic carbocycles. The van der Waals surface area contributed by atoms with E-state index in [0.29, 0.717) is 18.3 Å². The molecule has 1 aromatic rings. The predicted octanol–water partition coefficient (Wildman–Crippen LogP) is 8.47. The van der Waals surface area contributed by atoms with E-state index in [1.165, 1.54) is 11.6 Å². The van der Waals surface area contributed by atoms with Crippen molar-refractivity contribution in [2.45, 2.75) is 118 Å². The first-order valence-corrected chi connectivity index (χ1v) is 17.1. The van der Waals surface area contributed by atoms with Crippen LogP contribution in [0.3, 0.4) is 0 Å². The molecule has 6 rings (SSSR count). The van der Waals surface area contributed by atoms with Gasteiger partial charge in [-0.25, -0.2) is 4.79 Å². The third kappa shape index (κ3) is 4.49. The molecule has 44 heavy (non-hydrogen) atoms. The minimum atomic E-state index is -0.744. The van der Waals surface area contributed by atoms with Crippen molar-refractivity contribution in [1.29, 1.82) is 0 Å². The zero-order valence-corrected chi connectivity index (χ0v) is 28.0. The van der Waals surface area contributed by atoms with Crippen LogP contribution in [-0.2, 0) is 14.3 Å². The van der Waals surface area contributed by atoms with Gasteiger partial charge in [0.2, 0.25) is 0 Å². The van der Waals surface area contributed by atoms with E-state index >= 15 is 0 Å². The number of aliphatic hydroxyl groups excluding tert-OH is 1. The number of fused-ring (bicyclic) bond motifs is 7. The molecule has 240 valence electrons. The summed E-state index contributed by atoms with van der Waals surface area (Å²) in [6.07, 6.45) is 12.4. The fraction of sp³-hybridized carbons (Fsp3) is 0.692. The molecule has 5 nitrogen and oxygen atoms in total. The van der Waals surface area contributed by atoms with Gasteiger partial charge >= 0.3 is 11.9 Å². The minimum Gasteiger partial charge on any atom is -0.481 e. The van der Waals surface area contributed by atoms with E-state index in [1.807, 2.05) is 30.3 Å². The minimum absolute atomic E-state index is 0.00627. The third-order valence-electron chi connectivity index (χ3n) is 14.4. The molecule has 5 aliphatic carbocycles. The molecule has 4 fully saturated rings. The molecule has 4 saturated carbocycles. The van der Waals surface area contributed by atoms with E-state index in [9.17, 15) is 19.8 Å². The van der Waals surface area contributed by atoms with Crippen molar-refractivity contribution in [3.05, 3.63) is 53.6 Å². The smallest absolute Gasteiger partial charge is 0.331 e. The number of aliphatic carboxylic acids is 1. The number of carboxylic acids is 1. The summed E-state index contributed by atoms with van der Waals surface area (Å²) in [5.41, 5.74) is 1.28. The Morgan fingerprint density at radius 1 is 0.886 bits per heavy atom. The van der Waals surface area contributed by atoms with Crippen LogP contribution in [-0.4, -0.2) is 34.4 Å². The molecular weight excluding hydrogens is 548 g/mol. The van der Waals surface area contributed by atoms with Crippen LogP contribution in [0.4, 0.5) is 0 Å². The molecule has 0 unspecified atom stereocenters. The Hall–Kier alpha value is -2.40. The van der Waals surface area contributed by atoms with Crippen molar-refractivity contribution >= 4 is 18.0 Å². The molecule has 0 bridgehead atoms. The Morgan fingerprint density at radius 3 is 2.25 bits per heavy atom. The van der Waals surface area contributed by atoms with Crippen molar-refractivity contribution in [3.8, 4) is 0 Å². The molecule has 0 spiro atoms. The summed E-state index contributed by atoms with van der Waals surface area (Å²) in [7, 11) is 0. The number of carbonyl (C=O) groups is 2. The fourth-order valence-corrected chi connectivity index (χ4v) is 11.9. The van der Waals surface area contributed by atoms with Gasteiger partial charge in [0, 0.05) is 11.5 Å². The number of carbonyl (C=O) groups excluding carboxylic acids is 1. The number of ether oxygens (including phenoxy) is 1. The zero-order valence-electron chi connectivity index (χ0n) is 28.0. The van der Waals surface area contributed by atoms with Crippen molar-refractivity contribution in [1.82, 2.24) is 0 Å². The largest absolute Gasteiger partial charge is 0.481 e. The molecular formula is C39H54O5. The maximum Gasteiger partial charge on any atom is 0.331 e.